The molecule has 1 fully saturated rings. The third kappa shape index (κ3) is 7.32. The van der Waals surface area contributed by atoms with Crippen LogP contribution in [0.2, 0.25) is 0 Å². The number of carbonyl (C=O) groups is 1. The summed E-state index contributed by atoms with van der Waals surface area (Å²) in [6.07, 6.45) is 5.27. The number of fused-ring (bicyclic) bond motifs is 1. The number of carboxylic acids is 1. The molecule has 44 heavy (non-hydrogen) atoms. The van der Waals surface area contributed by atoms with Gasteiger partial charge in [0.05, 0.1) is 12.7 Å². The van der Waals surface area contributed by atoms with Crippen molar-refractivity contribution >= 4 is 5.97 Å². The van der Waals surface area contributed by atoms with Gasteiger partial charge in [0, 0.05) is 48.3 Å². The predicted molar refractivity (Wildman–Crippen MR) is 165 cm³/mol. The number of carboxylic acid groups (broad SMARTS) is 1. The SMILES string of the molecule is COc1cc(-c2ccc(C3CCc4ccc([C@H](C5CC5)[C@H](C)C(=O)[O-])cc4O3)cc2CN(C(C)C)C(C)C)c(C#N)cn1.[Na+]. The number of aliphatic carboxylic acids is 1. The first-order chi connectivity index (χ1) is 20.6. The molecule has 1 aliphatic heterocycles. The summed E-state index contributed by atoms with van der Waals surface area (Å²) in [6.45, 7) is 11.3. The minimum atomic E-state index is -0.996. The van der Waals surface area contributed by atoms with E-state index < -0.39 is 11.9 Å². The van der Waals surface area contributed by atoms with E-state index in [0.717, 1.165) is 64.8 Å². The summed E-state index contributed by atoms with van der Waals surface area (Å²) in [5, 5.41) is 21.7. The van der Waals surface area contributed by atoms with Crippen molar-refractivity contribution in [2.75, 3.05) is 7.11 Å². The van der Waals surface area contributed by atoms with Crippen LogP contribution in [-0.4, -0.2) is 35.0 Å². The number of hydrogen-bond acceptors (Lipinski definition) is 7. The van der Waals surface area contributed by atoms with Gasteiger partial charge in [-0.2, -0.15) is 5.26 Å². The fourth-order valence-electron chi connectivity index (χ4n) is 6.62. The Kier molecular flexibility index (Phi) is 11.2. The number of nitrogens with zero attached hydrogens (tertiary/aromatic N) is 3. The molecule has 1 saturated carbocycles. The fraction of sp³-hybridized carbons (Fsp3) is 0.472. The van der Waals surface area contributed by atoms with E-state index in [9.17, 15) is 15.2 Å². The number of aromatic nitrogens is 1. The first-order valence-electron chi connectivity index (χ1n) is 15.4. The molecule has 2 aliphatic rings. The quantitative estimate of drug-likeness (QED) is 0.311. The van der Waals surface area contributed by atoms with Gasteiger partial charge in [0.25, 0.3) is 0 Å². The Hall–Kier alpha value is -2.89. The molecule has 0 radical (unpaired) electrons. The molecule has 8 heteroatoms. The van der Waals surface area contributed by atoms with E-state index >= 15 is 0 Å². The van der Waals surface area contributed by atoms with Crippen molar-refractivity contribution in [1.29, 1.82) is 5.26 Å². The second-order valence-corrected chi connectivity index (χ2v) is 12.6. The number of carbonyl (C=O) groups excluding carboxylic acids is 1. The van der Waals surface area contributed by atoms with Gasteiger partial charge in [-0.3, -0.25) is 4.90 Å². The summed E-state index contributed by atoms with van der Waals surface area (Å²) >= 11 is 0. The van der Waals surface area contributed by atoms with E-state index in [-0.39, 0.29) is 41.6 Å². The maximum Gasteiger partial charge on any atom is 1.00 e. The molecule has 0 N–H and O–H groups in total. The van der Waals surface area contributed by atoms with Gasteiger partial charge in [-0.25, -0.2) is 4.98 Å². The molecule has 226 valence electrons. The second kappa shape index (κ2) is 14.5. The van der Waals surface area contributed by atoms with Crippen molar-refractivity contribution in [2.45, 2.75) is 91.0 Å². The first-order valence-corrected chi connectivity index (χ1v) is 15.4. The largest absolute Gasteiger partial charge is 1.00 e. The third-order valence-corrected chi connectivity index (χ3v) is 9.14. The second-order valence-electron chi connectivity index (χ2n) is 12.6. The van der Waals surface area contributed by atoms with E-state index in [4.69, 9.17) is 9.47 Å². The van der Waals surface area contributed by atoms with Crippen LogP contribution < -0.4 is 44.1 Å². The first kappa shape index (κ1) is 34.0. The molecular formula is C36H42N3NaO4. The minimum Gasteiger partial charge on any atom is -0.550 e. The average Bonchev–Trinajstić information content (AvgIpc) is 3.84. The maximum absolute atomic E-state index is 11.8. The Morgan fingerprint density at radius 2 is 1.80 bits per heavy atom. The van der Waals surface area contributed by atoms with Crippen molar-refractivity contribution in [3.05, 3.63) is 76.5 Å². The number of hydrogen-bond donors (Lipinski definition) is 0. The number of pyridine rings is 1. The summed E-state index contributed by atoms with van der Waals surface area (Å²) < 4.78 is 12.1. The average molecular weight is 604 g/mol. The molecule has 0 spiro atoms. The number of methoxy groups -OCH3 is 1. The Balaban J connectivity index is 0.00000442. The topological polar surface area (TPSA) is 98.5 Å². The molecule has 0 amide bonds. The van der Waals surface area contributed by atoms with E-state index in [0.29, 0.717) is 36.0 Å². The van der Waals surface area contributed by atoms with Crippen molar-refractivity contribution in [2.24, 2.45) is 11.8 Å². The fourth-order valence-corrected chi connectivity index (χ4v) is 6.62. The van der Waals surface area contributed by atoms with Gasteiger partial charge in [-0.1, -0.05) is 37.3 Å². The number of aryl methyl sites for hydroxylation is 1. The molecule has 1 unspecified atom stereocenters. The van der Waals surface area contributed by atoms with E-state index in [2.05, 4.69) is 80.0 Å². The minimum absolute atomic E-state index is 0. The zero-order valence-corrected chi connectivity index (χ0v) is 29.1. The van der Waals surface area contributed by atoms with Gasteiger partial charge in [-0.05, 0) is 99.1 Å². The molecule has 3 aromatic rings. The zero-order chi connectivity index (χ0) is 30.8. The molecule has 0 saturated heterocycles. The Morgan fingerprint density at radius 1 is 1.07 bits per heavy atom. The van der Waals surface area contributed by atoms with Crippen LogP contribution in [0.5, 0.6) is 11.6 Å². The van der Waals surface area contributed by atoms with Crippen molar-refractivity contribution in [1.82, 2.24) is 9.88 Å². The molecule has 7 nitrogen and oxygen atoms in total. The van der Waals surface area contributed by atoms with Gasteiger partial charge in [-0.15, -0.1) is 0 Å². The predicted octanol–water partition coefficient (Wildman–Crippen LogP) is 3.20. The molecule has 1 aliphatic carbocycles. The van der Waals surface area contributed by atoms with Crippen LogP contribution >= 0.6 is 0 Å². The monoisotopic (exact) mass is 603 g/mol. The van der Waals surface area contributed by atoms with Crippen LogP contribution in [0.3, 0.4) is 0 Å². The molecule has 1 aromatic heterocycles. The summed E-state index contributed by atoms with van der Waals surface area (Å²) in [5.74, 6) is 0.0888. The van der Waals surface area contributed by atoms with Crippen molar-refractivity contribution in [3.8, 4) is 28.8 Å². The third-order valence-electron chi connectivity index (χ3n) is 9.14. The van der Waals surface area contributed by atoms with Crippen LogP contribution in [0.1, 0.15) is 93.7 Å². The van der Waals surface area contributed by atoms with Crippen LogP contribution in [0.15, 0.2) is 48.7 Å². The molecule has 5 rings (SSSR count). The van der Waals surface area contributed by atoms with Gasteiger partial charge < -0.3 is 19.4 Å². The van der Waals surface area contributed by atoms with Gasteiger partial charge >= 0.3 is 29.6 Å². The Labute approximate surface area is 283 Å². The maximum atomic E-state index is 11.8. The standard InChI is InChI=1S/C36H43N3O4.Na/c1-21(2)39(22(3)4)20-28-15-26(11-13-30(28)31-17-34(42-6)38-19-29(31)18-37)32-14-12-24-7-10-27(16-33(24)43-32)35(25-8-9-25)23(5)36(40)41;/h7,10-11,13,15-17,19,21-23,25,32,35H,8-9,12,14,20H2,1-6H3,(H,40,41);/q;+1/p-1/t23-,32?,35-;/m0./s1. The van der Waals surface area contributed by atoms with Crippen molar-refractivity contribution < 1.29 is 48.9 Å². The van der Waals surface area contributed by atoms with E-state index in [1.165, 1.54) is 0 Å². The summed E-state index contributed by atoms with van der Waals surface area (Å²) in [5.41, 5.74) is 6.66. The van der Waals surface area contributed by atoms with Crippen LogP contribution in [0.25, 0.3) is 11.1 Å². The van der Waals surface area contributed by atoms with Gasteiger partial charge in [0.1, 0.15) is 17.9 Å². The summed E-state index contributed by atoms with van der Waals surface area (Å²) in [4.78, 5) is 18.5. The molecule has 2 aromatic carbocycles. The summed E-state index contributed by atoms with van der Waals surface area (Å²) in [6, 6.07) is 17.5. The van der Waals surface area contributed by atoms with Gasteiger partial charge in [0.15, 0.2) is 0 Å². The van der Waals surface area contributed by atoms with E-state index in [1.807, 2.05) is 6.07 Å². The molecule has 3 atom stereocenters. The summed E-state index contributed by atoms with van der Waals surface area (Å²) in [7, 11) is 1.58. The number of ether oxygens (including phenoxy) is 2. The number of benzene rings is 2. The van der Waals surface area contributed by atoms with E-state index in [1.54, 1.807) is 20.2 Å². The van der Waals surface area contributed by atoms with Crippen molar-refractivity contribution in [3.63, 3.8) is 0 Å². The smallest absolute Gasteiger partial charge is 0.550 e. The Bertz CT molecular complexity index is 1520. The van der Waals surface area contributed by atoms with Gasteiger partial charge in [0.2, 0.25) is 5.88 Å². The molecular weight excluding hydrogens is 561 g/mol. The van der Waals surface area contributed by atoms with Crippen LogP contribution in [0.4, 0.5) is 0 Å². The molecule has 0 bridgehead atoms. The zero-order valence-electron chi connectivity index (χ0n) is 27.1. The van der Waals surface area contributed by atoms with Crippen LogP contribution in [-0.2, 0) is 17.8 Å². The number of rotatable bonds is 11. The van der Waals surface area contributed by atoms with Crippen LogP contribution in [0, 0.1) is 23.2 Å². The number of nitriles is 1. The normalized spacial score (nSPS) is 17.3. The Morgan fingerprint density at radius 3 is 2.41 bits per heavy atom. The molecule has 2 heterocycles.